The Morgan fingerprint density at radius 3 is 2.41 bits per heavy atom. The maximum atomic E-state index is 11.6. The zero-order valence-corrected chi connectivity index (χ0v) is 16.8. The number of ether oxygens (including phenoxy) is 1. The Balaban J connectivity index is 2.19. The van der Waals surface area contributed by atoms with Gasteiger partial charge in [-0.25, -0.2) is 4.79 Å². The predicted molar refractivity (Wildman–Crippen MR) is 114 cm³/mol. The number of rotatable bonds is 8. The highest BCUT2D eigenvalue weighted by atomic mass is 16.6. The van der Waals surface area contributed by atoms with E-state index in [1.54, 1.807) is 25.1 Å². The van der Waals surface area contributed by atoms with E-state index in [4.69, 9.17) is 9.73 Å². The third kappa shape index (κ3) is 6.95. The van der Waals surface area contributed by atoms with Gasteiger partial charge in [-0.15, -0.1) is 0 Å². The molecule has 0 radical (unpaired) electrons. The summed E-state index contributed by atoms with van der Waals surface area (Å²) in [5.41, 5.74) is 2.37. The number of nitro benzene ring substituents is 1. The van der Waals surface area contributed by atoms with Crippen molar-refractivity contribution in [1.29, 1.82) is 0 Å². The van der Waals surface area contributed by atoms with E-state index in [2.05, 4.69) is 4.99 Å². The van der Waals surface area contributed by atoms with Gasteiger partial charge in [0.1, 0.15) is 0 Å². The van der Waals surface area contributed by atoms with Gasteiger partial charge in [-0.2, -0.15) is 0 Å². The van der Waals surface area contributed by atoms with E-state index in [-0.39, 0.29) is 23.6 Å². The summed E-state index contributed by atoms with van der Waals surface area (Å²) in [6.07, 6.45) is 10.7. The van der Waals surface area contributed by atoms with Gasteiger partial charge in [-0.05, 0) is 30.6 Å². The second kappa shape index (κ2) is 10.8. The second-order valence-corrected chi connectivity index (χ2v) is 6.70. The molecule has 0 spiro atoms. The van der Waals surface area contributed by atoms with E-state index in [1.165, 1.54) is 18.2 Å². The molecule has 0 bridgehead atoms. The molecular formula is C22H25N3O4. The number of aliphatic imine (C=N–C) groups is 2. The predicted octanol–water partition coefficient (Wildman–Crippen LogP) is 4.25. The maximum Gasteiger partial charge on any atom is 0.330 e. The first-order chi connectivity index (χ1) is 13.9. The summed E-state index contributed by atoms with van der Waals surface area (Å²) < 4.78 is 4.93. The van der Waals surface area contributed by atoms with Gasteiger partial charge in [0.15, 0.2) is 0 Å². The van der Waals surface area contributed by atoms with E-state index >= 15 is 0 Å². The van der Waals surface area contributed by atoms with Crippen molar-refractivity contribution in [3.63, 3.8) is 0 Å². The lowest BCUT2D eigenvalue weighted by Gasteiger charge is -2.15. The van der Waals surface area contributed by atoms with E-state index in [1.807, 2.05) is 38.2 Å². The summed E-state index contributed by atoms with van der Waals surface area (Å²) >= 11 is 0. The van der Waals surface area contributed by atoms with Crippen LogP contribution in [0.15, 0.2) is 70.7 Å². The first-order valence-electron chi connectivity index (χ1n) is 9.46. The Bertz CT molecular complexity index is 878. The van der Waals surface area contributed by atoms with Gasteiger partial charge in [-0.1, -0.05) is 44.2 Å². The summed E-state index contributed by atoms with van der Waals surface area (Å²) in [5, 5.41) is 10.8. The topological polar surface area (TPSA) is 94.2 Å². The molecule has 0 saturated heterocycles. The molecule has 0 aromatic heterocycles. The molecule has 0 amide bonds. The maximum absolute atomic E-state index is 11.6. The Hall–Kier alpha value is -3.35. The molecule has 0 fully saturated rings. The number of nitrogens with zero attached hydrogens (tertiary/aromatic N) is 3. The fraction of sp³-hybridized carbons (Fsp3) is 0.318. The van der Waals surface area contributed by atoms with Crippen molar-refractivity contribution in [2.75, 3.05) is 6.61 Å². The molecule has 1 aromatic rings. The number of hydrogen-bond acceptors (Lipinski definition) is 6. The van der Waals surface area contributed by atoms with Crippen LogP contribution in [0.5, 0.6) is 0 Å². The summed E-state index contributed by atoms with van der Waals surface area (Å²) in [6.45, 7) is 6.53. The molecule has 29 heavy (non-hydrogen) atoms. The summed E-state index contributed by atoms with van der Waals surface area (Å²) in [4.78, 5) is 31.3. The third-order valence-corrected chi connectivity index (χ3v) is 4.15. The van der Waals surface area contributed by atoms with E-state index < -0.39 is 4.92 Å². The van der Waals surface area contributed by atoms with Crippen molar-refractivity contribution in [2.24, 2.45) is 15.9 Å². The number of nitro groups is 1. The zero-order chi connectivity index (χ0) is 21.2. The number of carbonyl (C=O) groups is 1. The Labute approximate surface area is 170 Å². The average Bonchev–Trinajstić information content (AvgIpc) is 2.70. The van der Waals surface area contributed by atoms with Gasteiger partial charge in [-0.3, -0.25) is 20.1 Å². The standard InChI is InChI=1S/C22H25N3O4/c1-4-29-22(26)14-13-19(16(2)3)24-21-8-6-5-7-20(21)23-15-17-9-11-18(12-10-17)25(27)28/h5-14,16,19H,4,15H2,1-3H3/b14-13+,23-20?,24-21?/t19-/m1/s1. The summed E-state index contributed by atoms with van der Waals surface area (Å²) in [6, 6.07) is 6.13. The molecule has 1 aliphatic rings. The van der Waals surface area contributed by atoms with Crippen LogP contribution < -0.4 is 0 Å². The van der Waals surface area contributed by atoms with Crippen molar-refractivity contribution in [1.82, 2.24) is 0 Å². The van der Waals surface area contributed by atoms with Crippen molar-refractivity contribution in [2.45, 2.75) is 33.4 Å². The average molecular weight is 395 g/mol. The smallest absolute Gasteiger partial charge is 0.330 e. The van der Waals surface area contributed by atoms with Crippen LogP contribution in [0.3, 0.4) is 0 Å². The zero-order valence-electron chi connectivity index (χ0n) is 16.8. The largest absolute Gasteiger partial charge is 0.463 e. The van der Waals surface area contributed by atoms with Gasteiger partial charge >= 0.3 is 5.97 Å². The van der Waals surface area contributed by atoms with Crippen molar-refractivity contribution in [3.8, 4) is 0 Å². The minimum Gasteiger partial charge on any atom is -0.463 e. The van der Waals surface area contributed by atoms with Gasteiger partial charge in [0.05, 0.1) is 35.5 Å². The number of allylic oxidation sites excluding steroid dienone is 4. The molecule has 7 nitrogen and oxygen atoms in total. The second-order valence-electron chi connectivity index (χ2n) is 6.70. The SMILES string of the molecule is CCOC(=O)/C=C/[C@@H](N=C1C=CC=CC1=NCc1ccc([N+](=O)[O-])cc1)C(C)C. The summed E-state index contributed by atoms with van der Waals surface area (Å²) in [5.74, 6) is -0.201. The van der Waals surface area contributed by atoms with Crippen molar-refractivity contribution < 1.29 is 14.5 Å². The minimum atomic E-state index is -0.426. The first-order valence-corrected chi connectivity index (χ1v) is 9.46. The van der Waals surface area contributed by atoms with Crippen molar-refractivity contribution in [3.05, 3.63) is 76.4 Å². The molecule has 2 rings (SSSR count). The first kappa shape index (κ1) is 21.9. The Kier molecular flexibility index (Phi) is 8.21. The van der Waals surface area contributed by atoms with E-state index in [0.29, 0.717) is 13.2 Å². The van der Waals surface area contributed by atoms with Gasteiger partial charge < -0.3 is 4.74 Å². The van der Waals surface area contributed by atoms with Crippen LogP contribution in [-0.4, -0.2) is 35.0 Å². The minimum absolute atomic E-state index is 0.0531. The van der Waals surface area contributed by atoms with Gasteiger partial charge in [0.25, 0.3) is 5.69 Å². The molecule has 0 N–H and O–H groups in total. The lowest BCUT2D eigenvalue weighted by molar-refractivity contribution is -0.384. The highest BCUT2D eigenvalue weighted by molar-refractivity contribution is 6.51. The highest BCUT2D eigenvalue weighted by Crippen LogP contribution is 2.14. The lowest BCUT2D eigenvalue weighted by Crippen LogP contribution is -2.19. The molecular weight excluding hydrogens is 370 g/mol. The van der Waals surface area contributed by atoms with Crippen LogP contribution in [-0.2, 0) is 16.1 Å². The number of non-ortho nitro benzene ring substituents is 1. The normalized spacial score (nSPS) is 17.4. The molecule has 1 aliphatic carbocycles. The summed E-state index contributed by atoms with van der Waals surface area (Å²) in [7, 11) is 0. The molecule has 0 aliphatic heterocycles. The molecule has 1 aromatic carbocycles. The monoisotopic (exact) mass is 395 g/mol. The Morgan fingerprint density at radius 1 is 1.17 bits per heavy atom. The van der Waals surface area contributed by atoms with Gasteiger partial charge in [0, 0.05) is 18.2 Å². The van der Waals surface area contributed by atoms with Crippen LogP contribution in [0.25, 0.3) is 0 Å². The molecule has 0 unspecified atom stereocenters. The quantitative estimate of drug-likeness (QED) is 0.216. The van der Waals surface area contributed by atoms with Crippen LogP contribution in [0.2, 0.25) is 0 Å². The fourth-order valence-electron chi connectivity index (χ4n) is 2.55. The lowest BCUT2D eigenvalue weighted by atomic mass is 10.0. The number of benzene rings is 1. The molecule has 1 atom stereocenters. The number of carbonyl (C=O) groups excluding carboxylic acids is 1. The number of hydrogen-bond donors (Lipinski definition) is 0. The molecule has 7 heteroatoms. The highest BCUT2D eigenvalue weighted by Gasteiger charge is 2.13. The van der Waals surface area contributed by atoms with Crippen LogP contribution in [0.1, 0.15) is 26.3 Å². The molecule has 0 heterocycles. The Morgan fingerprint density at radius 2 is 1.83 bits per heavy atom. The molecule has 0 saturated carbocycles. The van der Waals surface area contributed by atoms with Crippen LogP contribution >= 0.6 is 0 Å². The van der Waals surface area contributed by atoms with E-state index in [9.17, 15) is 14.9 Å². The third-order valence-electron chi connectivity index (χ3n) is 4.15. The fourth-order valence-corrected chi connectivity index (χ4v) is 2.55. The van der Waals surface area contributed by atoms with Crippen LogP contribution in [0, 0.1) is 16.0 Å². The van der Waals surface area contributed by atoms with Crippen LogP contribution in [0.4, 0.5) is 5.69 Å². The van der Waals surface area contributed by atoms with Gasteiger partial charge in [0.2, 0.25) is 0 Å². The van der Waals surface area contributed by atoms with Crippen molar-refractivity contribution >= 4 is 23.1 Å². The van der Waals surface area contributed by atoms with E-state index in [0.717, 1.165) is 17.0 Å². The molecule has 152 valence electrons. The number of esters is 1.